The molecular formula is C25H17FN2O2S. The van der Waals surface area contributed by atoms with E-state index in [0.29, 0.717) is 10.6 Å². The van der Waals surface area contributed by atoms with Crippen LogP contribution in [0.15, 0.2) is 88.8 Å². The van der Waals surface area contributed by atoms with Crippen molar-refractivity contribution >= 4 is 46.1 Å². The first-order valence-electron chi connectivity index (χ1n) is 9.75. The fraction of sp³-hybridized carbons (Fsp3) is 0.0400. The van der Waals surface area contributed by atoms with Crippen molar-refractivity contribution in [3.63, 3.8) is 0 Å². The van der Waals surface area contributed by atoms with E-state index in [-0.39, 0.29) is 24.1 Å². The number of fused-ring (bicyclic) bond motifs is 2. The van der Waals surface area contributed by atoms with E-state index in [1.165, 1.54) is 36.0 Å². The molecule has 4 aromatic rings. The summed E-state index contributed by atoms with van der Waals surface area (Å²) in [4.78, 5) is 27.0. The van der Waals surface area contributed by atoms with Gasteiger partial charge in [-0.1, -0.05) is 42.1 Å². The molecule has 4 nitrogen and oxygen atoms in total. The number of para-hydroxylation sites is 1. The van der Waals surface area contributed by atoms with Gasteiger partial charge < -0.3 is 9.88 Å². The first-order valence-corrected chi connectivity index (χ1v) is 10.6. The number of thioether (sulfide) groups is 1. The number of hydrogen-bond donors (Lipinski definition) is 1. The van der Waals surface area contributed by atoms with Crippen molar-refractivity contribution in [2.75, 3.05) is 5.32 Å². The van der Waals surface area contributed by atoms with Crippen LogP contribution in [0, 0.1) is 5.82 Å². The lowest BCUT2D eigenvalue weighted by Gasteiger charge is -2.07. The van der Waals surface area contributed by atoms with Crippen molar-refractivity contribution < 1.29 is 14.0 Å². The first kappa shape index (κ1) is 19.3. The van der Waals surface area contributed by atoms with Gasteiger partial charge in [0.25, 0.3) is 0 Å². The molecule has 5 rings (SSSR count). The molecule has 0 bridgehead atoms. The van der Waals surface area contributed by atoms with Gasteiger partial charge in [0.2, 0.25) is 11.7 Å². The highest BCUT2D eigenvalue weighted by Gasteiger charge is 2.25. The lowest BCUT2D eigenvalue weighted by molar-refractivity contribution is -0.116. The molecule has 1 aliphatic heterocycles. The molecule has 0 spiro atoms. The Labute approximate surface area is 182 Å². The molecule has 0 saturated heterocycles. The van der Waals surface area contributed by atoms with Gasteiger partial charge in [-0.25, -0.2) is 4.39 Å². The molecule has 0 unspecified atom stereocenters. The zero-order chi connectivity index (χ0) is 21.4. The molecule has 1 amide bonds. The van der Waals surface area contributed by atoms with E-state index in [1.807, 2.05) is 65.4 Å². The number of halogens is 1. The van der Waals surface area contributed by atoms with Crippen LogP contribution in [0.4, 0.5) is 10.1 Å². The Morgan fingerprint density at radius 3 is 2.55 bits per heavy atom. The maximum atomic E-state index is 13.1. The SMILES string of the molecule is O=C(Cn1cc(C=C2Sc3ccccc3C2=O)c2ccccc21)Nc1ccc(F)cc1. The quantitative estimate of drug-likeness (QED) is 0.421. The Kier molecular flexibility index (Phi) is 4.92. The van der Waals surface area contributed by atoms with E-state index in [4.69, 9.17) is 0 Å². The van der Waals surface area contributed by atoms with Crippen molar-refractivity contribution in [3.05, 3.63) is 101 Å². The largest absolute Gasteiger partial charge is 0.337 e. The van der Waals surface area contributed by atoms with E-state index in [0.717, 1.165) is 26.9 Å². The highest BCUT2D eigenvalue weighted by atomic mass is 32.2. The Hall–Kier alpha value is -3.64. The number of anilines is 1. The van der Waals surface area contributed by atoms with Crippen LogP contribution in [-0.2, 0) is 11.3 Å². The number of ketones is 1. The summed E-state index contributed by atoms with van der Waals surface area (Å²) in [5, 5.41) is 3.75. The summed E-state index contributed by atoms with van der Waals surface area (Å²) in [6, 6.07) is 21.0. The second kappa shape index (κ2) is 7.89. The number of carbonyl (C=O) groups is 2. The van der Waals surface area contributed by atoms with Gasteiger partial charge in [0.15, 0.2) is 0 Å². The monoisotopic (exact) mass is 428 g/mol. The fourth-order valence-corrected chi connectivity index (χ4v) is 4.73. The summed E-state index contributed by atoms with van der Waals surface area (Å²) in [6.07, 6.45) is 3.78. The number of amides is 1. The van der Waals surface area contributed by atoms with Gasteiger partial charge >= 0.3 is 0 Å². The molecule has 1 N–H and O–H groups in total. The Morgan fingerprint density at radius 2 is 1.74 bits per heavy atom. The van der Waals surface area contributed by atoms with Crippen LogP contribution in [0.3, 0.4) is 0 Å². The summed E-state index contributed by atoms with van der Waals surface area (Å²) in [7, 11) is 0. The predicted molar refractivity (Wildman–Crippen MR) is 122 cm³/mol. The minimum absolute atomic E-state index is 0.0199. The average Bonchev–Trinajstić information content (AvgIpc) is 3.28. The third-order valence-electron chi connectivity index (χ3n) is 5.12. The maximum Gasteiger partial charge on any atom is 0.244 e. The number of aromatic nitrogens is 1. The Morgan fingerprint density at radius 1 is 1.00 bits per heavy atom. The van der Waals surface area contributed by atoms with Gasteiger partial charge in [0, 0.05) is 38.8 Å². The summed E-state index contributed by atoms with van der Waals surface area (Å²) >= 11 is 1.47. The first-order chi connectivity index (χ1) is 15.1. The molecule has 152 valence electrons. The Bertz CT molecular complexity index is 1360. The highest BCUT2D eigenvalue weighted by Crippen LogP contribution is 2.41. The topological polar surface area (TPSA) is 51.1 Å². The van der Waals surface area contributed by atoms with Crippen LogP contribution in [0.25, 0.3) is 17.0 Å². The molecule has 0 fully saturated rings. The number of nitrogens with zero attached hydrogens (tertiary/aromatic N) is 1. The van der Waals surface area contributed by atoms with Crippen LogP contribution < -0.4 is 5.32 Å². The van der Waals surface area contributed by atoms with Crippen molar-refractivity contribution in [2.45, 2.75) is 11.4 Å². The standard InChI is InChI=1S/C25H17FN2O2S/c26-17-9-11-18(12-10-17)27-24(29)15-28-14-16(19-5-1-3-7-21(19)28)13-23-25(30)20-6-2-4-8-22(20)31-23/h1-14H,15H2,(H,27,29). The summed E-state index contributed by atoms with van der Waals surface area (Å²) < 4.78 is 14.9. The van der Waals surface area contributed by atoms with Crippen molar-refractivity contribution in [2.24, 2.45) is 0 Å². The molecule has 31 heavy (non-hydrogen) atoms. The maximum absolute atomic E-state index is 13.1. The van der Waals surface area contributed by atoms with Gasteiger partial charge in [0.1, 0.15) is 12.4 Å². The van der Waals surface area contributed by atoms with Gasteiger partial charge in [0.05, 0.1) is 4.91 Å². The van der Waals surface area contributed by atoms with Crippen LogP contribution in [-0.4, -0.2) is 16.3 Å². The Balaban J connectivity index is 1.44. The number of rotatable bonds is 4. The van der Waals surface area contributed by atoms with E-state index < -0.39 is 0 Å². The number of nitrogens with one attached hydrogen (secondary N) is 1. The van der Waals surface area contributed by atoms with Crippen molar-refractivity contribution in [1.82, 2.24) is 4.57 Å². The summed E-state index contributed by atoms with van der Waals surface area (Å²) in [5.74, 6) is -0.551. The van der Waals surface area contributed by atoms with Crippen LogP contribution in [0.5, 0.6) is 0 Å². The third-order valence-corrected chi connectivity index (χ3v) is 6.22. The molecule has 2 heterocycles. The average molecular weight is 428 g/mol. The van der Waals surface area contributed by atoms with Gasteiger partial charge in [-0.2, -0.15) is 0 Å². The van der Waals surface area contributed by atoms with Crippen molar-refractivity contribution in [1.29, 1.82) is 0 Å². The fourth-order valence-electron chi connectivity index (χ4n) is 3.69. The molecule has 1 aromatic heterocycles. The van der Waals surface area contributed by atoms with Gasteiger partial charge in [-0.15, -0.1) is 0 Å². The normalized spacial score (nSPS) is 14.2. The zero-order valence-corrected chi connectivity index (χ0v) is 17.2. The molecule has 3 aromatic carbocycles. The third kappa shape index (κ3) is 3.78. The lowest BCUT2D eigenvalue weighted by atomic mass is 10.1. The summed E-state index contributed by atoms with van der Waals surface area (Å²) in [5.41, 5.74) is 3.04. The molecule has 1 aliphatic rings. The molecular weight excluding hydrogens is 411 g/mol. The van der Waals surface area contributed by atoms with E-state index >= 15 is 0 Å². The molecule has 6 heteroatoms. The minimum atomic E-state index is -0.353. The second-order valence-electron chi connectivity index (χ2n) is 7.22. The minimum Gasteiger partial charge on any atom is -0.337 e. The van der Waals surface area contributed by atoms with Crippen LogP contribution >= 0.6 is 11.8 Å². The summed E-state index contributed by atoms with van der Waals surface area (Å²) in [6.45, 7) is 0.0996. The molecule has 0 saturated carbocycles. The molecule has 0 radical (unpaired) electrons. The number of carbonyl (C=O) groups excluding carboxylic acids is 2. The molecule has 0 atom stereocenters. The highest BCUT2D eigenvalue weighted by molar-refractivity contribution is 8.04. The second-order valence-corrected chi connectivity index (χ2v) is 8.30. The van der Waals surface area contributed by atoms with Gasteiger partial charge in [-0.3, -0.25) is 9.59 Å². The molecule has 0 aliphatic carbocycles. The van der Waals surface area contributed by atoms with Crippen LogP contribution in [0.2, 0.25) is 0 Å². The number of Topliss-reactive ketones (excluding diaryl/α,β-unsaturated/α-hetero) is 1. The van der Waals surface area contributed by atoms with E-state index in [2.05, 4.69) is 5.32 Å². The van der Waals surface area contributed by atoms with Gasteiger partial charge in [-0.05, 0) is 48.5 Å². The van der Waals surface area contributed by atoms with Crippen LogP contribution in [0.1, 0.15) is 15.9 Å². The van der Waals surface area contributed by atoms with E-state index in [1.54, 1.807) is 0 Å². The zero-order valence-electron chi connectivity index (χ0n) is 16.3. The number of benzene rings is 3. The number of allylic oxidation sites excluding steroid dienone is 1. The van der Waals surface area contributed by atoms with Crippen molar-refractivity contribution in [3.8, 4) is 0 Å². The van der Waals surface area contributed by atoms with E-state index in [9.17, 15) is 14.0 Å². The predicted octanol–water partition coefficient (Wildman–Crippen LogP) is 5.75. The number of hydrogen-bond acceptors (Lipinski definition) is 3. The smallest absolute Gasteiger partial charge is 0.244 e. The lowest BCUT2D eigenvalue weighted by Crippen LogP contribution is -2.18.